The molecule has 0 spiro atoms. The molecule has 0 amide bonds. The smallest absolute Gasteiger partial charge is 0.186 e. The predicted octanol–water partition coefficient (Wildman–Crippen LogP) is 3.87. The number of carbonyl (C=O) groups is 1. The number of thioether (sulfide) groups is 1. The van der Waals surface area contributed by atoms with Crippen LogP contribution in [0.15, 0.2) is 30.3 Å². The third-order valence-corrected chi connectivity index (χ3v) is 3.21. The summed E-state index contributed by atoms with van der Waals surface area (Å²) in [5, 5.41) is 1.03. The van der Waals surface area contributed by atoms with E-state index in [4.69, 9.17) is 0 Å². The minimum atomic E-state index is 0.161. The minimum Gasteiger partial charge on any atom is -0.288 e. The van der Waals surface area contributed by atoms with Crippen LogP contribution in [0.2, 0.25) is 0 Å². The van der Waals surface area contributed by atoms with Crippen molar-refractivity contribution in [2.45, 2.75) is 12.3 Å². The number of hydrogen-bond acceptors (Lipinski definition) is 2. The van der Waals surface area contributed by atoms with Crippen LogP contribution in [0.5, 0.6) is 0 Å². The molecule has 0 bridgehead atoms. The lowest BCUT2D eigenvalue weighted by atomic mass is 10.1. The molecule has 0 aliphatic heterocycles. The highest BCUT2D eigenvalue weighted by Crippen LogP contribution is 2.11. The summed E-state index contributed by atoms with van der Waals surface area (Å²) in [6.45, 7) is 1.59. The summed E-state index contributed by atoms with van der Waals surface area (Å²) in [4.78, 5) is 10.7. The lowest BCUT2D eigenvalue weighted by molar-refractivity contribution is -0.109. The zero-order valence-corrected chi connectivity index (χ0v) is 11.0. The van der Waals surface area contributed by atoms with E-state index in [2.05, 4.69) is 34.1 Å². The van der Waals surface area contributed by atoms with E-state index in [0.717, 1.165) is 11.1 Å². The Labute approximate surface area is 103 Å². The molecule has 0 aliphatic carbocycles. The van der Waals surface area contributed by atoms with Crippen molar-refractivity contribution in [2.75, 3.05) is 5.75 Å². The normalized spacial score (nSPS) is 10.8. The van der Waals surface area contributed by atoms with E-state index in [1.807, 2.05) is 18.2 Å². The summed E-state index contributed by atoms with van der Waals surface area (Å²) >= 11 is 4.75. The van der Waals surface area contributed by atoms with Crippen molar-refractivity contribution < 1.29 is 4.79 Å². The predicted molar refractivity (Wildman–Crippen MR) is 71.2 cm³/mol. The average molecular weight is 285 g/mol. The topological polar surface area (TPSA) is 17.1 Å². The van der Waals surface area contributed by atoms with Crippen molar-refractivity contribution in [3.63, 3.8) is 0 Å². The molecule has 0 N–H and O–H groups in total. The van der Waals surface area contributed by atoms with Crippen LogP contribution in [0, 0.1) is 0 Å². The molecule has 0 fully saturated rings. The van der Waals surface area contributed by atoms with Crippen LogP contribution in [-0.4, -0.2) is 10.9 Å². The highest BCUT2D eigenvalue weighted by Gasteiger charge is 1.92. The van der Waals surface area contributed by atoms with Crippen LogP contribution in [0.4, 0.5) is 0 Å². The fourth-order valence-electron chi connectivity index (χ4n) is 1.13. The number of halogens is 1. The molecular weight excluding hydrogens is 272 g/mol. The first kappa shape index (κ1) is 12.5. The summed E-state index contributed by atoms with van der Waals surface area (Å²) in [5.41, 5.74) is 2.44. The standard InChI is InChI=1S/C12H13BrOS/c1-10(14)15-7-3-6-11-4-2-5-12(8-11)9-13/h2-6,8H,7,9H2,1H3. The van der Waals surface area contributed by atoms with Crippen LogP contribution in [0.3, 0.4) is 0 Å². The molecule has 0 radical (unpaired) electrons. The lowest BCUT2D eigenvalue weighted by Gasteiger charge is -1.97. The summed E-state index contributed by atoms with van der Waals surface area (Å²) in [7, 11) is 0. The third-order valence-electron chi connectivity index (χ3n) is 1.80. The molecule has 3 heteroatoms. The van der Waals surface area contributed by atoms with Crippen LogP contribution in [0.1, 0.15) is 18.1 Å². The zero-order valence-electron chi connectivity index (χ0n) is 8.57. The molecular formula is C12H13BrOS. The highest BCUT2D eigenvalue weighted by atomic mass is 79.9. The average Bonchev–Trinajstić information content (AvgIpc) is 2.24. The number of rotatable bonds is 4. The number of alkyl halides is 1. The highest BCUT2D eigenvalue weighted by molar-refractivity contribution is 9.08. The number of hydrogen-bond donors (Lipinski definition) is 0. The Morgan fingerprint density at radius 2 is 2.33 bits per heavy atom. The van der Waals surface area contributed by atoms with Gasteiger partial charge in [-0.05, 0) is 11.1 Å². The van der Waals surface area contributed by atoms with Gasteiger partial charge in [0.15, 0.2) is 5.12 Å². The molecule has 1 nitrogen and oxygen atoms in total. The van der Waals surface area contributed by atoms with Gasteiger partial charge in [0.1, 0.15) is 0 Å². The fraction of sp³-hybridized carbons (Fsp3) is 0.250. The minimum absolute atomic E-state index is 0.161. The molecule has 0 aliphatic rings. The van der Waals surface area contributed by atoms with Gasteiger partial charge in [-0.25, -0.2) is 0 Å². The van der Waals surface area contributed by atoms with Crippen LogP contribution in [-0.2, 0) is 10.1 Å². The molecule has 1 aromatic carbocycles. The Hall–Kier alpha value is -0.540. The van der Waals surface area contributed by atoms with E-state index >= 15 is 0 Å². The summed E-state index contributed by atoms with van der Waals surface area (Å²) in [5.74, 6) is 0.744. The van der Waals surface area contributed by atoms with Gasteiger partial charge in [0, 0.05) is 18.0 Å². The zero-order chi connectivity index (χ0) is 11.1. The van der Waals surface area contributed by atoms with Crippen molar-refractivity contribution in [3.8, 4) is 0 Å². The molecule has 1 aromatic rings. The molecule has 0 aromatic heterocycles. The lowest BCUT2D eigenvalue weighted by Crippen LogP contribution is -1.82. The first-order valence-electron chi connectivity index (χ1n) is 4.67. The summed E-state index contributed by atoms with van der Waals surface area (Å²) < 4.78 is 0. The van der Waals surface area contributed by atoms with Gasteiger partial charge in [0.25, 0.3) is 0 Å². The van der Waals surface area contributed by atoms with Crippen molar-refractivity contribution >= 4 is 38.9 Å². The quantitative estimate of drug-likeness (QED) is 0.781. The molecule has 0 atom stereocenters. The van der Waals surface area contributed by atoms with Gasteiger partial charge >= 0.3 is 0 Å². The van der Waals surface area contributed by atoms with E-state index in [1.165, 1.54) is 22.9 Å². The molecule has 0 saturated heterocycles. The second kappa shape index (κ2) is 6.85. The van der Waals surface area contributed by atoms with Gasteiger partial charge in [-0.15, -0.1) is 0 Å². The summed E-state index contributed by atoms with van der Waals surface area (Å²) in [6.07, 6.45) is 4.06. The van der Waals surface area contributed by atoms with Gasteiger partial charge in [-0.2, -0.15) is 0 Å². The van der Waals surface area contributed by atoms with Gasteiger partial charge in [-0.1, -0.05) is 64.1 Å². The van der Waals surface area contributed by atoms with Crippen molar-refractivity contribution in [1.82, 2.24) is 0 Å². The largest absolute Gasteiger partial charge is 0.288 e. The Kier molecular flexibility index (Phi) is 5.73. The van der Waals surface area contributed by atoms with E-state index in [-0.39, 0.29) is 5.12 Å². The van der Waals surface area contributed by atoms with E-state index in [0.29, 0.717) is 0 Å². The first-order valence-corrected chi connectivity index (χ1v) is 6.78. The Morgan fingerprint density at radius 1 is 1.53 bits per heavy atom. The van der Waals surface area contributed by atoms with E-state index < -0.39 is 0 Å². The maximum absolute atomic E-state index is 10.7. The Morgan fingerprint density at radius 3 is 3.00 bits per heavy atom. The number of carbonyl (C=O) groups excluding carboxylic acids is 1. The molecule has 15 heavy (non-hydrogen) atoms. The van der Waals surface area contributed by atoms with Crippen LogP contribution in [0.25, 0.3) is 6.08 Å². The SMILES string of the molecule is CC(=O)SCC=Cc1cccc(CBr)c1. The van der Waals surface area contributed by atoms with Crippen molar-refractivity contribution in [2.24, 2.45) is 0 Å². The molecule has 80 valence electrons. The van der Waals surface area contributed by atoms with E-state index in [1.54, 1.807) is 6.92 Å². The molecule has 0 unspecified atom stereocenters. The van der Waals surface area contributed by atoms with Gasteiger partial charge in [-0.3, -0.25) is 4.79 Å². The Bertz CT molecular complexity index is 360. The summed E-state index contributed by atoms with van der Waals surface area (Å²) in [6, 6.07) is 8.30. The second-order valence-electron chi connectivity index (χ2n) is 3.08. The van der Waals surface area contributed by atoms with E-state index in [9.17, 15) is 4.79 Å². The monoisotopic (exact) mass is 284 g/mol. The second-order valence-corrected chi connectivity index (χ2v) is 4.84. The molecule has 0 heterocycles. The Balaban J connectivity index is 2.52. The van der Waals surface area contributed by atoms with Crippen LogP contribution < -0.4 is 0 Å². The van der Waals surface area contributed by atoms with Gasteiger partial charge in [0.05, 0.1) is 0 Å². The first-order chi connectivity index (χ1) is 7.22. The van der Waals surface area contributed by atoms with Gasteiger partial charge in [0.2, 0.25) is 0 Å². The number of benzene rings is 1. The molecule has 0 saturated carbocycles. The van der Waals surface area contributed by atoms with Crippen molar-refractivity contribution in [3.05, 3.63) is 41.5 Å². The van der Waals surface area contributed by atoms with Crippen molar-refractivity contribution in [1.29, 1.82) is 0 Å². The third kappa shape index (κ3) is 5.19. The van der Waals surface area contributed by atoms with Gasteiger partial charge < -0.3 is 0 Å². The fourth-order valence-corrected chi connectivity index (χ4v) is 1.91. The van der Waals surface area contributed by atoms with Crippen LogP contribution >= 0.6 is 27.7 Å². The maximum atomic E-state index is 10.7. The maximum Gasteiger partial charge on any atom is 0.186 e. The molecule has 1 rings (SSSR count).